The SMILES string of the molecule is C=C(C)N=C(/C=C\N)n1ccc2c(N3CCN(C(=O)CC#N)CC3)cccc21. The Bertz CT molecular complexity index is 986. The number of carbonyl (C=O) groups is 1. The van der Waals surface area contributed by atoms with Crippen LogP contribution in [0.2, 0.25) is 0 Å². The first-order chi connectivity index (χ1) is 13.5. The molecule has 2 aromatic rings. The van der Waals surface area contributed by atoms with Gasteiger partial charge in [-0.3, -0.25) is 4.79 Å². The molecule has 7 heteroatoms. The van der Waals surface area contributed by atoms with Crippen molar-refractivity contribution in [1.29, 1.82) is 5.26 Å². The average molecular weight is 376 g/mol. The van der Waals surface area contributed by atoms with Gasteiger partial charge in [0.1, 0.15) is 12.3 Å². The molecule has 3 rings (SSSR count). The van der Waals surface area contributed by atoms with Crippen LogP contribution in [0.3, 0.4) is 0 Å². The highest BCUT2D eigenvalue weighted by Gasteiger charge is 2.22. The van der Waals surface area contributed by atoms with E-state index in [0.29, 0.717) is 24.6 Å². The van der Waals surface area contributed by atoms with Gasteiger partial charge in [-0.25, -0.2) is 4.99 Å². The van der Waals surface area contributed by atoms with E-state index in [1.165, 1.54) is 6.20 Å². The molecule has 2 N–H and O–H groups in total. The second-order valence-corrected chi connectivity index (χ2v) is 6.66. The van der Waals surface area contributed by atoms with E-state index in [4.69, 9.17) is 11.0 Å². The van der Waals surface area contributed by atoms with Gasteiger partial charge in [-0.05, 0) is 37.4 Å². The first-order valence-electron chi connectivity index (χ1n) is 9.17. The number of fused-ring (bicyclic) bond motifs is 1. The molecule has 1 fully saturated rings. The second kappa shape index (κ2) is 8.44. The maximum absolute atomic E-state index is 11.9. The number of benzene rings is 1. The van der Waals surface area contributed by atoms with Crippen molar-refractivity contribution in [3.05, 3.63) is 55.0 Å². The Morgan fingerprint density at radius 1 is 1.32 bits per heavy atom. The molecule has 7 nitrogen and oxygen atoms in total. The fraction of sp³-hybridized carbons (Fsp3) is 0.286. The summed E-state index contributed by atoms with van der Waals surface area (Å²) in [6.45, 7) is 8.41. The lowest BCUT2D eigenvalue weighted by Gasteiger charge is -2.36. The molecule has 0 saturated carbocycles. The van der Waals surface area contributed by atoms with Crippen LogP contribution in [0.1, 0.15) is 13.3 Å². The van der Waals surface area contributed by atoms with Crippen molar-refractivity contribution in [2.45, 2.75) is 13.3 Å². The van der Waals surface area contributed by atoms with Crippen molar-refractivity contribution in [2.24, 2.45) is 10.7 Å². The van der Waals surface area contributed by atoms with Crippen LogP contribution in [-0.2, 0) is 4.79 Å². The fourth-order valence-corrected chi connectivity index (χ4v) is 3.46. The van der Waals surface area contributed by atoms with Gasteiger partial charge in [0.25, 0.3) is 0 Å². The number of nitrogens with two attached hydrogens (primary N) is 1. The number of piperazine rings is 1. The molecule has 28 heavy (non-hydrogen) atoms. The number of aliphatic imine (C=N–C) groups is 1. The number of anilines is 1. The minimum absolute atomic E-state index is 0.0576. The van der Waals surface area contributed by atoms with Gasteiger partial charge >= 0.3 is 0 Å². The van der Waals surface area contributed by atoms with Gasteiger partial charge in [0, 0.05) is 49.1 Å². The van der Waals surface area contributed by atoms with E-state index < -0.39 is 0 Å². The van der Waals surface area contributed by atoms with Crippen LogP contribution in [0.25, 0.3) is 10.9 Å². The quantitative estimate of drug-likeness (QED) is 0.655. The predicted octanol–water partition coefficient (Wildman–Crippen LogP) is 2.46. The lowest BCUT2D eigenvalue weighted by Crippen LogP contribution is -2.48. The standard InChI is InChI=1S/C21H24N6O/c1-16(2)24-20(6-9-22)27-11-8-17-18(4-3-5-19(17)27)25-12-14-26(15-13-25)21(28)7-10-23/h3-6,8-9,11H,1,7,12-15,22H2,2H3/b9-6-,24-20?. The molecule has 0 unspecified atom stereocenters. The molecule has 1 amide bonds. The van der Waals surface area contributed by atoms with Crippen molar-refractivity contribution in [2.75, 3.05) is 31.1 Å². The van der Waals surface area contributed by atoms with E-state index in [9.17, 15) is 4.79 Å². The number of hydrogen-bond donors (Lipinski definition) is 1. The van der Waals surface area contributed by atoms with Gasteiger partial charge in [-0.15, -0.1) is 0 Å². The maximum atomic E-state index is 11.9. The van der Waals surface area contributed by atoms with Gasteiger partial charge in [0.2, 0.25) is 5.91 Å². The van der Waals surface area contributed by atoms with Crippen molar-refractivity contribution in [3.63, 3.8) is 0 Å². The molecule has 0 spiro atoms. The molecule has 1 aromatic heterocycles. The van der Waals surface area contributed by atoms with E-state index in [2.05, 4.69) is 28.6 Å². The highest BCUT2D eigenvalue weighted by molar-refractivity contribution is 6.04. The number of carbonyl (C=O) groups excluding carboxylic acids is 1. The molecule has 1 aromatic carbocycles. The van der Waals surface area contributed by atoms with Crippen LogP contribution in [0, 0.1) is 11.3 Å². The molecule has 1 saturated heterocycles. The molecule has 0 radical (unpaired) electrons. The summed E-state index contributed by atoms with van der Waals surface area (Å²) in [5.41, 5.74) is 8.44. The normalized spacial score (nSPS) is 15.2. The second-order valence-electron chi connectivity index (χ2n) is 6.66. The Labute approximate surface area is 164 Å². The minimum Gasteiger partial charge on any atom is -0.404 e. The number of hydrogen-bond acceptors (Lipinski definition) is 5. The number of nitrogens with zero attached hydrogens (tertiary/aromatic N) is 5. The smallest absolute Gasteiger partial charge is 0.236 e. The molecular formula is C21H24N6O. The summed E-state index contributed by atoms with van der Waals surface area (Å²) in [5, 5.41) is 9.83. The van der Waals surface area contributed by atoms with Crippen LogP contribution in [0.5, 0.6) is 0 Å². The third-order valence-electron chi connectivity index (χ3n) is 4.71. The van der Waals surface area contributed by atoms with Crippen molar-refractivity contribution < 1.29 is 4.79 Å². The van der Waals surface area contributed by atoms with Gasteiger partial charge < -0.3 is 20.1 Å². The Balaban J connectivity index is 1.89. The summed E-state index contributed by atoms with van der Waals surface area (Å²) in [5.74, 6) is 0.606. The number of nitriles is 1. The molecule has 0 aliphatic carbocycles. The zero-order chi connectivity index (χ0) is 20.1. The summed E-state index contributed by atoms with van der Waals surface area (Å²) in [6.07, 6.45) is 5.13. The molecule has 0 bridgehead atoms. The summed E-state index contributed by atoms with van der Waals surface area (Å²) in [7, 11) is 0. The van der Waals surface area contributed by atoms with Gasteiger partial charge in [-0.1, -0.05) is 12.6 Å². The third-order valence-corrected chi connectivity index (χ3v) is 4.71. The molecule has 1 aliphatic rings. The number of allylic oxidation sites excluding steroid dienone is 2. The molecule has 144 valence electrons. The number of rotatable bonds is 4. The lowest BCUT2D eigenvalue weighted by atomic mass is 10.1. The predicted molar refractivity (Wildman–Crippen MR) is 112 cm³/mol. The molecular weight excluding hydrogens is 352 g/mol. The lowest BCUT2D eigenvalue weighted by molar-refractivity contribution is -0.130. The Hall–Kier alpha value is -3.53. The highest BCUT2D eigenvalue weighted by atomic mass is 16.2. The van der Waals surface area contributed by atoms with Crippen LogP contribution >= 0.6 is 0 Å². The number of amides is 1. The van der Waals surface area contributed by atoms with E-state index in [0.717, 1.165) is 29.7 Å². The Morgan fingerprint density at radius 3 is 2.71 bits per heavy atom. The third kappa shape index (κ3) is 3.91. The van der Waals surface area contributed by atoms with Crippen LogP contribution in [0.15, 0.2) is 60.0 Å². The van der Waals surface area contributed by atoms with Crippen molar-refractivity contribution >= 4 is 28.3 Å². The van der Waals surface area contributed by atoms with E-state index in [1.54, 1.807) is 11.0 Å². The van der Waals surface area contributed by atoms with Crippen molar-refractivity contribution in [1.82, 2.24) is 9.47 Å². The van der Waals surface area contributed by atoms with Crippen LogP contribution in [0.4, 0.5) is 5.69 Å². The highest BCUT2D eigenvalue weighted by Crippen LogP contribution is 2.29. The average Bonchev–Trinajstić information content (AvgIpc) is 3.12. The van der Waals surface area contributed by atoms with Gasteiger partial charge in [0.15, 0.2) is 0 Å². The van der Waals surface area contributed by atoms with Crippen molar-refractivity contribution in [3.8, 4) is 6.07 Å². The van der Waals surface area contributed by atoms with Gasteiger partial charge in [-0.2, -0.15) is 5.26 Å². The van der Waals surface area contributed by atoms with Gasteiger partial charge in [0.05, 0.1) is 11.6 Å². The summed E-state index contributed by atoms with van der Waals surface area (Å²) in [4.78, 5) is 20.4. The number of aromatic nitrogens is 1. The van der Waals surface area contributed by atoms with E-state index in [-0.39, 0.29) is 12.3 Å². The van der Waals surface area contributed by atoms with E-state index >= 15 is 0 Å². The Morgan fingerprint density at radius 2 is 2.07 bits per heavy atom. The molecule has 0 atom stereocenters. The van der Waals surface area contributed by atoms with Crippen LogP contribution < -0.4 is 10.6 Å². The molecule has 1 aliphatic heterocycles. The molecule has 2 heterocycles. The fourth-order valence-electron chi connectivity index (χ4n) is 3.46. The van der Waals surface area contributed by atoms with E-state index in [1.807, 2.05) is 35.9 Å². The summed E-state index contributed by atoms with van der Waals surface area (Å²) in [6, 6.07) is 10.2. The van der Waals surface area contributed by atoms with Crippen LogP contribution in [-0.4, -0.2) is 47.4 Å². The first kappa shape index (κ1) is 19.2. The minimum atomic E-state index is -0.0965. The zero-order valence-corrected chi connectivity index (χ0v) is 16.0. The largest absolute Gasteiger partial charge is 0.404 e. The summed E-state index contributed by atoms with van der Waals surface area (Å²) < 4.78 is 1.99. The zero-order valence-electron chi connectivity index (χ0n) is 16.0. The Kier molecular flexibility index (Phi) is 5.80. The maximum Gasteiger partial charge on any atom is 0.236 e. The topological polar surface area (TPSA) is 90.7 Å². The summed E-state index contributed by atoms with van der Waals surface area (Å²) >= 11 is 0. The first-order valence-corrected chi connectivity index (χ1v) is 9.17. The monoisotopic (exact) mass is 376 g/mol.